The molecular formula is C16H21N3O2S2. The minimum absolute atomic E-state index is 0.0306. The van der Waals surface area contributed by atoms with Crippen LogP contribution in [0.2, 0.25) is 0 Å². The average molecular weight is 351 g/mol. The van der Waals surface area contributed by atoms with Crippen LogP contribution in [0.5, 0.6) is 0 Å². The number of hydrogen-bond acceptors (Lipinski definition) is 5. The zero-order valence-electron chi connectivity index (χ0n) is 13.4. The fourth-order valence-corrected chi connectivity index (χ4v) is 4.73. The Hall–Kier alpha value is -1.34. The number of nitrogens with zero attached hydrogens (tertiary/aromatic N) is 1. The number of hydrogen-bond donors (Lipinski definition) is 2. The van der Waals surface area contributed by atoms with Crippen molar-refractivity contribution in [1.82, 2.24) is 15.3 Å². The van der Waals surface area contributed by atoms with Crippen molar-refractivity contribution in [3.8, 4) is 0 Å². The van der Waals surface area contributed by atoms with E-state index in [9.17, 15) is 9.59 Å². The van der Waals surface area contributed by atoms with Gasteiger partial charge in [0.2, 0.25) is 5.91 Å². The van der Waals surface area contributed by atoms with Gasteiger partial charge in [0.05, 0.1) is 11.1 Å². The second kappa shape index (κ2) is 7.05. The molecule has 0 aromatic carbocycles. The van der Waals surface area contributed by atoms with E-state index in [-0.39, 0.29) is 17.2 Å². The number of aromatic nitrogens is 2. The van der Waals surface area contributed by atoms with Crippen LogP contribution >= 0.6 is 23.1 Å². The third-order valence-corrected chi connectivity index (χ3v) is 5.91. The van der Waals surface area contributed by atoms with Crippen LogP contribution in [0.25, 0.3) is 10.2 Å². The molecule has 0 radical (unpaired) electrons. The van der Waals surface area contributed by atoms with Gasteiger partial charge in [0.1, 0.15) is 4.83 Å². The minimum Gasteiger partial charge on any atom is -0.355 e. The van der Waals surface area contributed by atoms with Crippen molar-refractivity contribution < 1.29 is 4.79 Å². The number of thioether (sulfide) groups is 1. The summed E-state index contributed by atoms with van der Waals surface area (Å²) in [6.07, 6.45) is 4.36. The quantitative estimate of drug-likeness (QED) is 0.641. The number of amides is 1. The van der Waals surface area contributed by atoms with Crippen LogP contribution < -0.4 is 10.9 Å². The van der Waals surface area contributed by atoms with E-state index in [1.807, 2.05) is 0 Å². The maximum Gasteiger partial charge on any atom is 0.260 e. The van der Waals surface area contributed by atoms with Crippen molar-refractivity contribution in [3.05, 3.63) is 20.8 Å². The molecule has 1 aliphatic rings. The largest absolute Gasteiger partial charge is 0.355 e. The Bertz CT molecular complexity index is 779. The van der Waals surface area contributed by atoms with E-state index in [0.29, 0.717) is 17.6 Å². The molecule has 0 saturated carbocycles. The molecule has 23 heavy (non-hydrogen) atoms. The van der Waals surface area contributed by atoms with Crippen molar-refractivity contribution in [2.24, 2.45) is 5.92 Å². The molecule has 0 saturated heterocycles. The first-order chi connectivity index (χ1) is 11.0. The maximum absolute atomic E-state index is 12.4. The third kappa shape index (κ3) is 3.77. The molecule has 0 spiro atoms. The minimum atomic E-state index is -0.0699. The van der Waals surface area contributed by atoms with Crippen molar-refractivity contribution in [2.45, 2.75) is 44.7 Å². The summed E-state index contributed by atoms with van der Waals surface area (Å²) < 4.78 is 0. The molecule has 0 atom stereocenters. The average Bonchev–Trinajstić information content (AvgIpc) is 2.89. The van der Waals surface area contributed by atoms with Gasteiger partial charge in [0.15, 0.2) is 5.16 Å². The third-order valence-electron chi connectivity index (χ3n) is 3.85. The Morgan fingerprint density at radius 1 is 1.39 bits per heavy atom. The number of rotatable bonds is 5. The summed E-state index contributed by atoms with van der Waals surface area (Å²) in [5.74, 6) is 0.666. The molecule has 2 aromatic rings. The van der Waals surface area contributed by atoms with E-state index in [1.165, 1.54) is 28.6 Å². The SMILES string of the molecule is CC(C)CNC(=O)CSc1nc2sc3c(c2c(=O)[nH]1)CCCC3. The Balaban J connectivity index is 1.75. The molecule has 2 heterocycles. The van der Waals surface area contributed by atoms with E-state index < -0.39 is 0 Å². The molecule has 0 unspecified atom stereocenters. The molecule has 3 rings (SSSR count). The van der Waals surface area contributed by atoms with Crippen molar-refractivity contribution in [3.63, 3.8) is 0 Å². The fourth-order valence-electron chi connectivity index (χ4n) is 2.72. The zero-order chi connectivity index (χ0) is 16.4. The lowest BCUT2D eigenvalue weighted by Gasteiger charge is -2.09. The molecule has 2 N–H and O–H groups in total. The summed E-state index contributed by atoms with van der Waals surface area (Å²) in [6.45, 7) is 4.78. The highest BCUT2D eigenvalue weighted by atomic mass is 32.2. The topological polar surface area (TPSA) is 74.8 Å². The first-order valence-corrected chi connectivity index (χ1v) is 9.79. The van der Waals surface area contributed by atoms with Crippen LogP contribution in [-0.2, 0) is 17.6 Å². The lowest BCUT2D eigenvalue weighted by atomic mass is 9.97. The van der Waals surface area contributed by atoms with Gasteiger partial charge in [0.25, 0.3) is 5.56 Å². The number of carbonyl (C=O) groups excluding carboxylic acids is 1. The number of aryl methyl sites for hydroxylation is 2. The Kier molecular flexibility index (Phi) is 5.06. The Morgan fingerprint density at radius 2 is 2.17 bits per heavy atom. The molecule has 0 bridgehead atoms. The highest BCUT2D eigenvalue weighted by Gasteiger charge is 2.20. The molecule has 0 fully saturated rings. The van der Waals surface area contributed by atoms with Crippen molar-refractivity contribution in [1.29, 1.82) is 0 Å². The number of aromatic amines is 1. The van der Waals surface area contributed by atoms with E-state index in [1.54, 1.807) is 11.3 Å². The lowest BCUT2D eigenvalue weighted by molar-refractivity contribution is -0.118. The summed E-state index contributed by atoms with van der Waals surface area (Å²) in [5.41, 5.74) is 1.12. The van der Waals surface area contributed by atoms with Gasteiger partial charge in [-0.15, -0.1) is 11.3 Å². The van der Waals surface area contributed by atoms with Crippen LogP contribution in [0.3, 0.4) is 0 Å². The molecule has 1 amide bonds. The van der Waals surface area contributed by atoms with Gasteiger partial charge in [-0.3, -0.25) is 9.59 Å². The van der Waals surface area contributed by atoms with Crippen LogP contribution in [0.4, 0.5) is 0 Å². The van der Waals surface area contributed by atoms with E-state index in [0.717, 1.165) is 29.5 Å². The lowest BCUT2D eigenvalue weighted by Crippen LogP contribution is -2.28. The van der Waals surface area contributed by atoms with Crippen molar-refractivity contribution in [2.75, 3.05) is 12.3 Å². The van der Waals surface area contributed by atoms with Crippen molar-refractivity contribution >= 4 is 39.2 Å². The molecule has 7 heteroatoms. The zero-order valence-corrected chi connectivity index (χ0v) is 15.0. The number of fused-ring (bicyclic) bond motifs is 3. The van der Waals surface area contributed by atoms with Crippen LogP contribution in [0.15, 0.2) is 9.95 Å². The molecule has 1 aliphatic carbocycles. The van der Waals surface area contributed by atoms with Gasteiger partial charge in [-0.05, 0) is 37.2 Å². The summed E-state index contributed by atoms with van der Waals surface area (Å²) in [4.78, 5) is 33.7. The Morgan fingerprint density at radius 3 is 2.96 bits per heavy atom. The first kappa shape index (κ1) is 16.5. The summed E-state index contributed by atoms with van der Waals surface area (Å²) in [7, 11) is 0. The Labute approximate surface area is 143 Å². The highest BCUT2D eigenvalue weighted by Crippen LogP contribution is 2.34. The molecule has 5 nitrogen and oxygen atoms in total. The number of carbonyl (C=O) groups is 1. The molecule has 124 valence electrons. The van der Waals surface area contributed by atoms with E-state index >= 15 is 0 Å². The number of nitrogens with one attached hydrogen (secondary N) is 2. The number of thiophene rings is 1. The van der Waals surface area contributed by atoms with E-state index in [2.05, 4.69) is 29.1 Å². The van der Waals surface area contributed by atoms with Gasteiger partial charge in [0, 0.05) is 11.4 Å². The smallest absolute Gasteiger partial charge is 0.260 e. The second-order valence-electron chi connectivity index (χ2n) is 6.25. The monoisotopic (exact) mass is 351 g/mol. The predicted octanol–water partition coefficient (Wildman–Crippen LogP) is 2.73. The summed E-state index contributed by atoms with van der Waals surface area (Å²) in [6, 6.07) is 0. The van der Waals surface area contributed by atoms with Crippen LogP contribution in [-0.4, -0.2) is 28.2 Å². The van der Waals surface area contributed by atoms with E-state index in [4.69, 9.17) is 0 Å². The summed E-state index contributed by atoms with van der Waals surface area (Å²) >= 11 is 2.91. The summed E-state index contributed by atoms with van der Waals surface area (Å²) in [5, 5.41) is 4.16. The standard InChI is InChI=1S/C16H21N3O2S2/c1-9(2)7-17-12(20)8-22-16-18-14(21)13-10-5-3-4-6-11(10)23-15(13)19-16/h9H,3-8H2,1-2H3,(H,17,20)(H,18,19,21). The first-order valence-electron chi connectivity index (χ1n) is 7.98. The molecule has 2 aromatic heterocycles. The normalized spacial score (nSPS) is 14.2. The van der Waals surface area contributed by atoms with Gasteiger partial charge < -0.3 is 10.3 Å². The fraction of sp³-hybridized carbons (Fsp3) is 0.562. The highest BCUT2D eigenvalue weighted by molar-refractivity contribution is 7.99. The van der Waals surface area contributed by atoms with Crippen LogP contribution in [0.1, 0.15) is 37.1 Å². The molecule has 0 aliphatic heterocycles. The molecular weight excluding hydrogens is 330 g/mol. The number of H-pyrrole nitrogens is 1. The van der Waals surface area contributed by atoms with Crippen LogP contribution in [0, 0.1) is 5.92 Å². The van der Waals surface area contributed by atoms with Gasteiger partial charge in [-0.1, -0.05) is 25.6 Å². The second-order valence-corrected chi connectivity index (χ2v) is 8.30. The van der Waals surface area contributed by atoms with Gasteiger partial charge in [-0.2, -0.15) is 0 Å². The van der Waals surface area contributed by atoms with Gasteiger partial charge in [-0.25, -0.2) is 4.98 Å². The van der Waals surface area contributed by atoms with Gasteiger partial charge >= 0.3 is 0 Å². The maximum atomic E-state index is 12.4. The predicted molar refractivity (Wildman–Crippen MR) is 95.5 cm³/mol.